The summed E-state index contributed by atoms with van der Waals surface area (Å²) in [5.41, 5.74) is 1.07. The summed E-state index contributed by atoms with van der Waals surface area (Å²) in [7, 11) is 0. The fourth-order valence-corrected chi connectivity index (χ4v) is 7.33. The van der Waals surface area contributed by atoms with Crippen LogP contribution in [-0.4, -0.2) is 6.29 Å². The van der Waals surface area contributed by atoms with Gasteiger partial charge in [-0.1, -0.05) is 47.0 Å². The molecule has 26 heavy (non-hydrogen) atoms. The summed E-state index contributed by atoms with van der Waals surface area (Å²) in [5, 5.41) is 0. The van der Waals surface area contributed by atoms with Crippen molar-refractivity contribution in [2.45, 2.75) is 111 Å². The van der Waals surface area contributed by atoms with E-state index in [9.17, 15) is 4.79 Å². The van der Waals surface area contributed by atoms with E-state index in [2.05, 4.69) is 27.7 Å². The van der Waals surface area contributed by atoms with Crippen LogP contribution in [0.25, 0.3) is 0 Å². The van der Waals surface area contributed by atoms with Gasteiger partial charge in [-0.3, -0.25) is 0 Å². The molecule has 1 heteroatoms. The van der Waals surface area contributed by atoms with Crippen LogP contribution in [-0.2, 0) is 4.79 Å². The van der Waals surface area contributed by atoms with Gasteiger partial charge in [-0.05, 0) is 98.7 Å². The van der Waals surface area contributed by atoms with Gasteiger partial charge in [0.05, 0.1) is 0 Å². The third kappa shape index (κ3) is 3.93. The highest BCUT2D eigenvalue weighted by Crippen LogP contribution is 2.55. The van der Waals surface area contributed by atoms with Gasteiger partial charge in [0.1, 0.15) is 6.29 Å². The number of hydrogen-bond acceptors (Lipinski definition) is 1. The number of carbonyl (C=O) groups is 1. The predicted octanol–water partition coefficient (Wildman–Crippen LogP) is 7.43. The van der Waals surface area contributed by atoms with Crippen molar-refractivity contribution in [1.29, 1.82) is 0 Å². The lowest BCUT2D eigenvalue weighted by molar-refractivity contribution is -0.112. The van der Waals surface area contributed by atoms with E-state index >= 15 is 0 Å². The second kappa shape index (κ2) is 8.36. The average molecular weight is 361 g/mol. The Morgan fingerprint density at radius 2 is 1.12 bits per heavy atom. The Hall–Kier alpha value is -0.330. The van der Waals surface area contributed by atoms with Crippen LogP contribution in [0.4, 0.5) is 0 Å². The molecule has 0 amide bonds. The highest BCUT2D eigenvalue weighted by atomic mass is 16.1. The molecule has 0 aliphatic heterocycles. The zero-order valence-electron chi connectivity index (χ0n) is 18.1. The Labute approximate surface area is 163 Å². The van der Waals surface area contributed by atoms with Crippen molar-refractivity contribution in [3.05, 3.63) is 0 Å². The van der Waals surface area contributed by atoms with Gasteiger partial charge in [0.15, 0.2) is 0 Å². The molecular formula is C25H44O. The van der Waals surface area contributed by atoms with Crippen molar-refractivity contribution >= 4 is 6.29 Å². The van der Waals surface area contributed by atoms with Crippen LogP contribution in [0.5, 0.6) is 0 Å². The summed E-state index contributed by atoms with van der Waals surface area (Å²) in [6.07, 6.45) is 19.2. The third-order valence-corrected chi connectivity index (χ3v) is 9.78. The molecule has 0 saturated heterocycles. The predicted molar refractivity (Wildman–Crippen MR) is 111 cm³/mol. The summed E-state index contributed by atoms with van der Waals surface area (Å²) in [6.45, 7) is 10.2. The molecule has 3 aliphatic rings. The molecular weight excluding hydrogens is 316 g/mol. The van der Waals surface area contributed by atoms with Crippen molar-refractivity contribution in [1.82, 2.24) is 0 Å². The molecule has 0 radical (unpaired) electrons. The monoisotopic (exact) mass is 360 g/mol. The van der Waals surface area contributed by atoms with Crippen molar-refractivity contribution < 1.29 is 4.79 Å². The molecule has 0 bridgehead atoms. The number of hydrogen-bond donors (Lipinski definition) is 0. The van der Waals surface area contributed by atoms with Gasteiger partial charge in [0.2, 0.25) is 0 Å². The SMILES string of the molecule is CCC(C)(C1CCC(C=O)CC1)C1CCC(C(C)(C)C2CCCC2)CC1. The molecule has 0 aromatic carbocycles. The maximum absolute atomic E-state index is 11.1. The first kappa shape index (κ1) is 20.4. The topological polar surface area (TPSA) is 17.1 Å². The molecule has 0 aromatic heterocycles. The summed E-state index contributed by atoms with van der Waals surface area (Å²) in [4.78, 5) is 11.1. The van der Waals surface area contributed by atoms with Gasteiger partial charge < -0.3 is 4.79 Å². The van der Waals surface area contributed by atoms with Crippen molar-refractivity contribution in [3.8, 4) is 0 Å². The van der Waals surface area contributed by atoms with E-state index in [1.807, 2.05) is 0 Å². The minimum Gasteiger partial charge on any atom is -0.303 e. The molecule has 0 aromatic rings. The Morgan fingerprint density at radius 3 is 1.58 bits per heavy atom. The largest absolute Gasteiger partial charge is 0.303 e. The zero-order valence-corrected chi connectivity index (χ0v) is 18.1. The van der Waals surface area contributed by atoms with E-state index in [1.54, 1.807) is 0 Å². The van der Waals surface area contributed by atoms with Gasteiger partial charge in [0.25, 0.3) is 0 Å². The fourth-order valence-electron chi connectivity index (χ4n) is 7.33. The minimum absolute atomic E-state index is 0.357. The maximum atomic E-state index is 11.1. The van der Waals surface area contributed by atoms with Crippen molar-refractivity contribution in [3.63, 3.8) is 0 Å². The van der Waals surface area contributed by atoms with Crippen LogP contribution in [0, 0.1) is 40.4 Å². The second-order valence-electron chi connectivity index (χ2n) is 11.0. The van der Waals surface area contributed by atoms with E-state index in [4.69, 9.17) is 0 Å². The average Bonchev–Trinajstić information content (AvgIpc) is 3.23. The summed E-state index contributed by atoms with van der Waals surface area (Å²) < 4.78 is 0. The molecule has 1 atom stereocenters. The van der Waals surface area contributed by atoms with E-state index in [-0.39, 0.29) is 0 Å². The molecule has 150 valence electrons. The van der Waals surface area contributed by atoms with Gasteiger partial charge in [-0.2, -0.15) is 0 Å². The highest BCUT2D eigenvalue weighted by molar-refractivity contribution is 5.53. The lowest BCUT2D eigenvalue weighted by Gasteiger charge is -2.50. The quantitative estimate of drug-likeness (QED) is 0.450. The first-order valence-corrected chi connectivity index (χ1v) is 11.9. The zero-order chi connectivity index (χ0) is 18.8. The molecule has 1 nitrogen and oxygen atoms in total. The number of carbonyl (C=O) groups excluding carboxylic acids is 1. The standard InChI is InChI=1S/C25H44O/c1-5-25(4,22-12-10-19(18-26)11-13-22)23-16-14-21(15-17-23)24(2,3)20-8-6-7-9-20/h18-23H,5-17H2,1-4H3. The van der Waals surface area contributed by atoms with Crippen LogP contribution in [0.3, 0.4) is 0 Å². The van der Waals surface area contributed by atoms with Crippen LogP contribution >= 0.6 is 0 Å². The molecule has 0 spiro atoms. The van der Waals surface area contributed by atoms with E-state index < -0.39 is 0 Å². The first-order valence-electron chi connectivity index (χ1n) is 11.9. The Bertz CT molecular complexity index is 445. The van der Waals surface area contributed by atoms with Crippen LogP contribution < -0.4 is 0 Å². The number of rotatable bonds is 6. The van der Waals surface area contributed by atoms with Crippen LogP contribution in [0.15, 0.2) is 0 Å². The molecule has 3 fully saturated rings. The van der Waals surface area contributed by atoms with Crippen LogP contribution in [0.1, 0.15) is 111 Å². The van der Waals surface area contributed by atoms with Gasteiger partial charge in [-0.25, -0.2) is 0 Å². The maximum Gasteiger partial charge on any atom is 0.123 e. The smallest absolute Gasteiger partial charge is 0.123 e. The molecule has 3 aliphatic carbocycles. The summed E-state index contributed by atoms with van der Waals surface area (Å²) in [5.74, 6) is 4.07. The van der Waals surface area contributed by atoms with E-state index in [0.717, 1.165) is 36.5 Å². The van der Waals surface area contributed by atoms with Crippen molar-refractivity contribution in [2.75, 3.05) is 0 Å². The van der Waals surface area contributed by atoms with Crippen molar-refractivity contribution in [2.24, 2.45) is 40.4 Å². The highest BCUT2D eigenvalue weighted by Gasteiger charge is 2.45. The van der Waals surface area contributed by atoms with Gasteiger partial charge >= 0.3 is 0 Å². The van der Waals surface area contributed by atoms with E-state index in [0.29, 0.717) is 16.7 Å². The Kier molecular flexibility index (Phi) is 6.56. The summed E-state index contributed by atoms with van der Waals surface area (Å²) in [6, 6.07) is 0. The summed E-state index contributed by atoms with van der Waals surface area (Å²) >= 11 is 0. The Balaban J connectivity index is 1.59. The normalized spacial score (nSPS) is 36.6. The molecule has 1 unspecified atom stereocenters. The third-order valence-electron chi connectivity index (χ3n) is 9.78. The van der Waals surface area contributed by atoms with E-state index in [1.165, 1.54) is 76.9 Å². The van der Waals surface area contributed by atoms with Crippen LogP contribution in [0.2, 0.25) is 0 Å². The molecule has 0 heterocycles. The van der Waals surface area contributed by atoms with Gasteiger partial charge in [0, 0.05) is 5.92 Å². The first-order chi connectivity index (χ1) is 12.4. The molecule has 3 rings (SSSR count). The molecule has 3 saturated carbocycles. The fraction of sp³-hybridized carbons (Fsp3) is 0.960. The second-order valence-corrected chi connectivity index (χ2v) is 11.0. The Morgan fingerprint density at radius 1 is 0.692 bits per heavy atom. The lowest BCUT2D eigenvalue weighted by Crippen LogP contribution is -2.41. The molecule has 0 N–H and O–H groups in total. The lowest BCUT2D eigenvalue weighted by atomic mass is 9.55. The number of aldehydes is 1. The minimum atomic E-state index is 0.357. The van der Waals surface area contributed by atoms with Gasteiger partial charge in [-0.15, -0.1) is 0 Å².